The van der Waals surface area contributed by atoms with Crippen LogP contribution in [0.4, 0.5) is 0 Å². The summed E-state index contributed by atoms with van der Waals surface area (Å²) in [4.78, 5) is 0. The quantitative estimate of drug-likeness (QED) is 0.257. The van der Waals surface area contributed by atoms with Crippen molar-refractivity contribution < 1.29 is 14.2 Å². The third-order valence-corrected chi connectivity index (χ3v) is 5.44. The number of para-hydroxylation sites is 2. The van der Waals surface area contributed by atoms with Gasteiger partial charge in [-0.1, -0.05) is 36.4 Å². The number of aromatic nitrogens is 1. The Balaban J connectivity index is 1.38. The van der Waals surface area contributed by atoms with Gasteiger partial charge in [0.2, 0.25) is 0 Å². The smallest absolute Gasteiger partial charge is 0.196 e. The van der Waals surface area contributed by atoms with Gasteiger partial charge < -0.3 is 18.8 Å². The Morgan fingerprint density at radius 1 is 0.656 bits per heavy atom. The molecule has 32 heavy (non-hydrogen) atoms. The van der Waals surface area contributed by atoms with E-state index in [-0.39, 0.29) is 6.29 Å². The second kappa shape index (κ2) is 8.77. The molecule has 0 radical (unpaired) electrons. The first-order chi connectivity index (χ1) is 15.7. The van der Waals surface area contributed by atoms with E-state index in [2.05, 4.69) is 65.2 Å². The third kappa shape index (κ3) is 3.93. The van der Waals surface area contributed by atoms with E-state index in [1.807, 2.05) is 50.2 Å². The zero-order chi connectivity index (χ0) is 21.9. The molecule has 0 bridgehead atoms. The van der Waals surface area contributed by atoms with Gasteiger partial charge in [-0.15, -0.1) is 0 Å². The van der Waals surface area contributed by atoms with Crippen molar-refractivity contribution in [2.45, 2.75) is 20.1 Å². The number of hydrogen-bond acceptors (Lipinski definition) is 3. The topological polar surface area (TPSA) is 32.6 Å². The van der Waals surface area contributed by atoms with E-state index in [0.29, 0.717) is 6.61 Å². The van der Waals surface area contributed by atoms with Gasteiger partial charge in [0, 0.05) is 23.1 Å². The molecule has 0 saturated heterocycles. The number of nitrogens with zero attached hydrogens (tertiary/aromatic N) is 1. The standard InChI is InChI=1S/C28H25NO3/c1-3-30-20(2)31-22-16-18-24(19-17-22)32-23-14-12-21(13-15-23)29-27-10-6-4-8-25(27)26-9-5-7-11-28(26)29/h4-20H,3H2,1-2H3. The Labute approximate surface area is 187 Å². The maximum Gasteiger partial charge on any atom is 0.196 e. The molecule has 160 valence electrons. The number of rotatable bonds is 7. The molecule has 0 aliphatic rings. The minimum atomic E-state index is -0.278. The summed E-state index contributed by atoms with van der Waals surface area (Å²) in [6, 6.07) is 32.8. The zero-order valence-corrected chi connectivity index (χ0v) is 18.2. The molecule has 4 nitrogen and oxygen atoms in total. The fraction of sp³-hybridized carbons (Fsp3) is 0.143. The van der Waals surface area contributed by atoms with Crippen LogP contribution < -0.4 is 9.47 Å². The molecule has 1 heterocycles. The second-order valence-corrected chi connectivity index (χ2v) is 7.58. The molecule has 0 amide bonds. The molecular weight excluding hydrogens is 398 g/mol. The van der Waals surface area contributed by atoms with Crippen LogP contribution in [0.2, 0.25) is 0 Å². The minimum Gasteiger partial charge on any atom is -0.465 e. The number of benzene rings is 4. The number of ether oxygens (including phenoxy) is 3. The predicted octanol–water partition coefficient (Wildman–Crippen LogP) is 7.34. The van der Waals surface area contributed by atoms with Crippen LogP contribution in [-0.2, 0) is 4.74 Å². The van der Waals surface area contributed by atoms with E-state index in [9.17, 15) is 0 Å². The Kier molecular flexibility index (Phi) is 5.53. The lowest BCUT2D eigenvalue weighted by Crippen LogP contribution is -2.15. The van der Waals surface area contributed by atoms with Gasteiger partial charge in [-0.3, -0.25) is 0 Å². The molecule has 4 aromatic carbocycles. The van der Waals surface area contributed by atoms with Gasteiger partial charge >= 0.3 is 0 Å². The summed E-state index contributed by atoms with van der Waals surface area (Å²) < 4.78 is 19.4. The van der Waals surface area contributed by atoms with Crippen LogP contribution in [0.25, 0.3) is 27.5 Å². The maximum absolute atomic E-state index is 6.04. The first-order valence-electron chi connectivity index (χ1n) is 10.9. The molecule has 0 spiro atoms. The van der Waals surface area contributed by atoms with Crippen molar-refractivity contribution in [2.24, 2.45) is 0 Å². The SMILES string of the molecule is CCOC(C)Oc1ccc(Oc2ccc(-n3c4ccccc4c4ccccc43)cc2)cc1. The van der Waals surface area contributed by atoms with Gasteiger partial charge in [0.1, 0.15) is 17.2 Å². The van der Waals surface area contributed by atoms with Crippen LogP contribution in [0, 0.1) is 0 Å². The van der Waals surface area contributed by atoms with Gasteiger partial charge in [0.25, 0.3) is 0 Å². The van der Waals surface area contributed by atoms with Crippen LogP contribution in [0.5, 0.6) is 17.2 Å². The number of hydrogen-bond donors (Lipinski definition) is 0. The fourth-order valence-corrected chi connectivity index (χ4v) is 4.05. The van der Waals surface area contributed by atoms with Crippen LogP contribution in [0.15, 0.2) is 97.1 Å². The molecule has 0 aliphatic heterocycles. The zero-order valence-electron chi connectivity index (χ0n) is 18.2. The van der Waals surface area contributed by atoms with Gasteiger partial charge in [0.05, 0.1) is 11.0 Å². The van der Waals surface area contributed by atoms with Crippen molar-refractivity contribution in [2.75, 3.05) is 6.61 Å². The minimum absolute atomic E-state index is 0.278. The van der Waals surface area contributed by atoms with E-state index < -0.39 is 0 Å². The van der Waals surface area contributed by atoms with Crippen molar-refractivity contribution in [3.63, 3.8) is 0 Å². The van der Waals surface area contributed by atoms with Crippen LogP contribution >= 0.6 is 0 Å². The van der Waals surface area contributed by atoms with E-state index >= 15 is 0 Å². The summed E-state index contributed by atoms with van der Waals surface area (Å²) in [7, 11) is 0. The predicted molar refractivity (Wildman–Crippen MR) is 129 cm³/mol. The summed E-state index contributed by atoms with van der Waals surface area (Å²) in [6.07, 6.45) is -0.278. The Bertz CT molecular complexity index is 1280. The van der Waals surface area contributed by atoms with Crippen molar-refractivity contribution in [3.05, 3.63) is 97.1 Å². The molecule has 5 aromatic rings. The van der Waals surface area contributed by atoms with Crippen LogP contribution in [0.1, 0.15) is 13.8 Å². The summed E-state index contributed by atoms with van der Waals surface area (Å²) in [5, 5.41) is 2.51. The Morgan fingerprint density at radius 2 is 1.16 bits per heavy atom. The summed E-state index contributed by atoms with van der Waals surface area (Å²) in [5.41, 5.74) is 3.49. The Morgan fingerprint density at radius 3 is 1.72 bits per heavy atom. The first kappa shape index (κ1) is 20.2. The molecule has 0 N–H and O–H groups in total. The highest BCUT2D eigenvalue weighted by Gasteiger charge is 2.11. The summed E-state index contributed by atoms with van der Waals surface area (Å²) in [5.74, 6) is 2.29. The molecule has 0 saturated carbocycles. The Hall–Kier alpha value is -3.76. The molecule has 1 unspecified atom stereocenters. The van der Waals surface area contributed by atoms with Gasteiger partial charge in [-0.2, -0.15) is 0 Å². The molecular formula is C28H25NO3. The van der Waals surface area contributed by atoms with Crippen LogP contribution in [0.3, 0.4) is 0 Å². The van der Waals surface area contributed by atoms with Gasteiger partial charge in [-0.05, 0) is 74.5 Å². The molecule has 4 heteroatoms. The largest absolute Gasteiger partial charge is 0.465 e. The lowest BCUT2D eigenvalue weighted by Gasteiger charge is -2.14. The average molecular weight is 424 g/mol. The molecule has 0 aliphatic carbocycles. The second-order valence-electron chi connectivity index (χ2n) is 7.58. The number of fused-ring (bicyclic) bond motifs is 3. The summed E-state index contributed by atoms with van der Waals surface area (Å²) in [6.45, 7) is 4.45. The van der Waals surface area contributed by atoms with E-state index in [1.165, 1.54) is 21.8 Å². The first-order valence-corrected chi connectivity index (χ1v) is 10.9. The highest BCUT2D eigenvalue weighted by atomic mass is 16.7. The summed E-state index contributed by atoms with van der Waals surface area (Å²) >= 11 is 0. The normalized spacial score (nSPS) is 12.2. The average Bonchev–Trinajstić information content (AvgIpc) is 3.16. The van der Waals surface area contributed by atoms with Crippen molar-refractivity contribution in [1.29, 1.82) is 0 Å². The van der Waals surface area contributed by atoms with Gasteiger partial charge in [0.15, 0.2) is 6.29 Å². The monoisotopic (exact) mass is 423 g/mol. The van der Waals surface area contributed by atoms with Crippen molar-refractivity contribution in [3.8, 4) is 22.9 Å². The lowest BCUT2D eigenvalue weighted by atomic mass is 10.2. The highest BCUT2D eigenvalue weighted by Crippen LogP contribution is 2.32. The third-order valence-electron chi connectivity index (χ3n) is 5.44. The van der Waals surface area contributed by atoms with E-state index in [1.54, 1.807) is 0 Å². The van der Waals surface area contributed by atoms with Crippen molar-refractivity contribution >= 4 is 21.8 Å². The highest BCUT2D eigenvalue weighted by molar-refractivity contribution is 6.09. The van der Waals surface area contributed by atoms with Crippen LogP contribution in [-0.4, -0.2) is 17.5 Å². The molecule has 0 fully saturated rings. The fourth-order valence-electron chi connectivity index (χ4n) is 4.05. The molecule has 5 rings (SSSR count). The molecule has 1 atom stereocenters. The van der Waals surface area contributed by atoms with Gasteiger partial charge in [-0.25, -0.2) is 0 Å². The van der Waals surface area contributed by atoms with Crippen molar-refractivity contribution in [1.82, 2.24) is 4.57 Å². The maximum atomic E-state index is 6.04. The lowest BCUT2D eigenvalue weighted by molar-refractivity contribution is -0.0613. The molecule has 1 aromatic heterocycles. The van der Waals surface area contributed by atoms with E-state index in [0.717, 1.165) is 22.9 Å². The van der Waals surface area contributed by atoms with E-state index in [4.69, 9.17) is 14.2 Å².